The molecule has 2 aliphatic carbocycles. The molecule has 146 valence electrons. The second-order valence-corrected chi connectivity index (χ2v) is 7.70. The van der Waals surface area contributed by atoms with Crippen molar-refractivity contribution in [3.05, 3.63) is 0 Å². The van der Waals surface area contributed by atoms with Crippen molar-refractivity contribution < 1.29 is 19.8 Å². The molecule has 2 unspecified atom stereocenters. The maximum atomic E-state index is 10.4. The first-order chi connectivity index (χ1) is 11.9. The molecule has 0 saturated heterocycles. The molecular formula is C19H36N2O4. The van der Waals surface area contributed by atoms with E-state index in [9.17, 15) is 9.59 Å². The van der Waals surface area contributed by atoms with Gasteiger partial charge in [0.2, 0.25) is 0 Å². The molecule has 6 N–H and O–H groups in total. The Morgan fingerprint density at radius 3 is 1.60 bits per heavy atom. The lowest BCUT2D eigenvalue weighted by molar-refractivity contribution is -0.139. The highest BCUT2D eigenvalue weighted by Crippen LogP contribution is 2.29. The minimum Gasteiger partial charge on any atom is -0.480 e. The van der Waals surface area contributed by atoms with Gasteiger partial charge < -0.3 is 21.7 Å². The van der Waals surface area contributed by atoms with Gasteiger partial charge in [0, 0.05) is 0 Å². The smallest absolute Gasteiger partial charge is 0.320 e. The molecule has 2 fully saturated rings. The van der Waals surface area contributed by atoms with Gasteiger partial charge in [-0.1, -0.05) is 64.2 Å². The fourth-order valence-electron chi connectivity index (χ4n) is 3.89. The van der Waals surface area contributed by atoms with Crippen LogP contribution in [0, 0.1) is 11.8 Å². The lowest BCUT2D eigenvalue weighted by atomic mass is 9.99. The second-order valence-electron chi connectivity index (χ2n) is 7.70. The summed E-state index contributed by atoms with van der Waals surface area (Å²) in [5.74, 6) is -0.143. The average molecular weight is 357 g/mol. The average Bonchev–Trinajstić information content (AvgIpc) is 3.26. The van der Waals surface area contributed by atoms with Crippen LogP contribution in [-0.4, -0.2) is 34.2 Å². The number of carbonyl (C=O) groups is 2. The molecule has 0 aromatic carbocycles. The summed E-state index contributed by atoms with van der Waals surface area (Å²) in [7, 11) is 0. The molecule has 2 rings (SSSR count). The highest BCUT2D eigenvalue weighted by atomic mass is 16.4. The van der Waals surface area contributed by atoms with Crippen molar-refractivity contribution in [2.45, 2.75) is 95.6 Å². The van der Waals surface area contributed by atoms with Crippen molar-refractivity contribution in [3.63, 3.8) is 0 Å². The van der Waals surface area contributed by atoms with Gasteiger partial charge in [-0.3, -0.25) is 9.59 Å². The fraction of sp³-hybridized carbons (Fsp3) is 0.895. The highest BCUT2D eigenvalue weighted by molar-refractivity contribution is 5.73. The summed E-state index contributed by atoms with van der Waals surface area (Å²) in [5.41, 5.74) is 10.8. The van der Waals surface area contributed by atoms with E-state index in [1.54, 1.807) is 0 Å². The van der Waals surface area contributed by atoms with Crippen LogP contribution in [0.3, 0.4) is 0 Å². The third-order valence-corrected chi connectivity index (χ3v) is 5.60. The number of carboxylic acids is 2. The van der Waals surface area contributed by atoms with Crippen molar-refractivity contribution in [1.29, 1.82) is 0 Å². The van der Waals surface area contributed by atoms with Crippen molar-refractivity contribution in [2.75, 3.05) is 0 Å². The third-order valence-electron chi connectivity index (χ3n) is 5.60. The number of aliphatic carboxylic acids is 2. The summed E-state index contributed by atoms with van der Waals surface area (Å²) in [6.07, 6.45) is 15.0. The molecule has 0 aliphatic heterocycles. The SMILES string of the molecule is NC(CCC1CCCC1)C(=O)O.NC(CCCC1CCCC1)C(=O)O. The number of hydrogen-bond donors (Lipinski definition) is 4. The minimum atomic E-state index is -0.869. The Morgan fingerprint density at radius 1 is 0.760 bits per heavy atom. The van der Waals surface area contributed by atoms with Crippen LogP contribution in [-0.2, 0) is 9.59 Å². The standard InChI is InChI=1S/C10H19NO2.C9H17NO2/c11-9(10(12)13)7-3-6-8-4-1-2-5-8;10-8(9(11)12)6-5-7-3-1-2-4-7/h8-9H,1-7,11H2,(H,12,13);7-8H,1-6,10H2,(H,11,12). The van der Waals surface area contributed by atoms with Crippen molar-refractivity contribution in [2.24, 2.45) is 23.3 Å². The molecule has 0 radical (unpaired) electrons. The van der Waals surface area contributed by atoms with E-state index in [1.807, 2.05) is 0 Å². The maximum Gasteiger partial charge on any atom is 0.320 e. The first-order valence-electron chi connectivity index (χ1n) is 9.87. The molecule has 0 spiro atoms. The molecule has 2 saturated carbocycles. The van der Waals surface area contributed by atoms with Crippen molar-refractivity contribution in [1.82, 2.24) is 0 Å². The molecule has 0 bridgehead atoms. The van der Waals surface area contributed by atoms with Crippen LogP contribution >= 0.6 is 0 Å². The molecule has 0 aromatic heterocycles. The largest absolute Gasteiger partial charge is 0.480 e. The molecule has 6 heteroatoms. The molecule has 2 atom stereocenters. The van der Waals surface area contributed by atoms with E-state index in [1.165, 1.54) is 57.8 Å². The quantitative estimate of drug-likeness (QED) is 0.503. The van der Waals surface area contributed by atoms with Gasteiger partial charge in [0.05, 0.1) is 0 Å². The maximum absolute atomic E-state index is 10.4. The van der Waals surface area contributed by atoms with Crippen LogP contribution in [0.5, 0.6) is 0 Å². The van der Waals surface area contributed by atoms with E-state index < -0.39 is 24.0 Å². The van der Waals surface area contributed by atoms with Crippen molar-refractivity contribution in [3.8, 4) is 0 Å². The summed E-state index contributed by atoms with van der Waals surface area (Å²) >= 11 is 0. The zero-order valence-electron chi connectivity index (χ0n) is 15.4. The van der Waals surface area contributed by atoms with Crippen LogP contribution in [0.1, 0.15) is 83.5 Å². The van der Waals surface area contributed by atoms with Crippen molar-refractivity contribution >= 4 is 11.9 Å². The summed E-state index contributed by atoms with van der Waals surface area (Å²) in [6, 6.07) is -1.30. The Labute approximate surface area is 151 Å². The Kier molecular flexibility index (Phi) is 10.7. The van der Waals surface area contributed by atoms with Crippen LogP contribution < -0.4 is 11.5 Å². The lowest BCUT2D eigenvalue weighted by Gasteiger charge is -2.10. The molecule has 6 nitrogen and oxygen atoms in total. The van der Waals surface area contributed by atoms with Gasteiger partial charge >= 0.3 is 11.9 Å². The first kappa shape index (κ1) is 21.9. The minimum absolute atomic E-state index is 0.631. The number of hydrogen-bond acceptors (Lipinski definition) is 4. The predicted octanol–water partition coefficient (Wildman–Crippen LogP) is 3.13. The second kappa shape index (κ2) is 12.3. The number of carboxylic acid groups (broad SMARTS) is 2. The van der Waals surface area contributed by atoms with E-state index in [0.29, 0.717) is 12.8 Å². The number of nitrogens with two attached hydrogens (primary N) is 2. The van der Waals surface area contributed by atoms with E-state index in [4.69, 9.17) is 21.7 Å². The topological polar surface area (TPSA) is 127 Å². The predicted molar refractivity (Wildman–Crippen MR) is 98.2 cm³/mol. The van der Waals surface area contributed by atoms with E-state index in [-0.39, 0.29) is 0 Å². The molecule has 2 aliphatic rings. The summed E-state index contributed by atoms with van der Waals surface area (Å²) < 4.78 is 0. The summed E-state index contributed by atoms with van der Waals surface area (Å²) in [4.78, 5) is 20.8. The molecule has 25 heavy (non-hydrogen) atoms. The van der Waals surface area contributed by atoms with E-state index >= 15 is 0 Å². The fourth-order valence-corrected chi connectivity index (χ4v) is 3.89. The summed E-state index contributed by atoms with van der Waals surface area (Å²) in [6.45, 7) is 0. The highest BCUT2D eigenvalue weighted by Gasteiger charge is 2.18. The zero-order valence-corrected chi connectivity index (χ0v) is 15.4. The molecule has 0 amide bonds. The van der Waals surface area contributed by atoms with E-state index in [2.05, 4.69) is 0 Å². The first-order valence-corrected chi connectivity index (χ1v) is 9.87. The van der Waals surface area contributed by atoms with Gasteiger partial charge in [0.25, 0.3) is 0 Å². The Balaban J connectivity index is 0.000000251. The normalized spacial score (nSPS) is 20.7. The van der Waals surface area contributed by atoms with Crippen LogP contribution in [0.15, 0.2) is 0 Å². The molecule has 0 heterocycles. The lowest BCUT2D eigenvalue weighted by Crippen LogP contribution is -2.30. The van der Waals surface area contributed by atoms with Crippen LogP contribution in [0.2, 0.25) is 0 Å². The molecular weight excluding hydrogens is 320 g/mol. The number of rotatable bonds is 9. The van der Waals surface area contributed by atoms with Gasteiger partial charge in [-0.2, -0.15) is 0 Å². The van der Waals surface area contributed by atoms with Crippen LogP contribution in [0.25, 0.3) is 0 Å². The zero-order chi connectivity index (χ0) is 18.7. The third kappa shape index (κ3) is 9.80. The van der Waals surface area contributed by atoms with Gasteiger partial charge in [-0.15, -0.1) is 0 Å². The van der Waals surface area contributed by atoms with Gasteiger partial charge in [0.1, 0.15) is 12.1 Å². The van der Waals surface area contributed by atoms with E-state index in [0.717, 1.165) is 24.7 Å². The molecule has 0 aromatic rings. The van der Waals surface area contributed by atoms with Gasteiger partial charge in [0.15, 0.2) is 0 Å². The van der Waals surface area contributed by atoms with Gasteiger partial charge in [-0.05, 0) is 31.1 Å². The Morgan fingerprint density at radius 2 is 1.16 bits per heavy atom. The van der Waals surface area contributed by atoms with Crippen LogP contribution in [0.4, 0.5) is 0 Å². The monoisotopic (exact) mass is 356 g/mol. The Hall–Kier alpha value is -1.14. The van der Waals surface area contributed by atoms with Gasteiger partial charge in [-0.25, -0.2) is 0 Å². The Bertz CT molecular complexity index is 391. The summed E-state index contributed by atoms with van der Waals surface area (Å²) in [5, 5.41) is 17.1.